The fourth-order valence-electron chi connectivity index (χ4n) is 3.42. The van der Waals surface area contributed by atoms with Gasteiger partial charge in [0.1, 0.15) is 18.2 Å². The van der Waals surface area contributed by atoms with Crippen molar-refractivity contribution in [1.29, 1.82) is 0 Å². The molecule has 1 aliphatic rings. The van der Waals surface area contributed by atoms with Crippen molar-refractivity contribution in [3.05, 3.63) is 81.6 Å². The maximum Gasteiger partial charge on any atom is 0.254 e. The van der Waals surface area contributed by atoms with Gasteiger partial charge in [0.25, 0.3) is 11.8 Å². The Morgan fingerprint density at radius 3 is 2.26 bits per heavy atom. The highest BCUT2D eigenvalue weighted by molar-refractivity contribution is 7.09. The largest absolute Gasteiger partial charge is 0.487 e. The highest BCUT2D eigenvalue weighted by atomic mass is 32.1. The maximum absolute atomic E-state index is 13.1. The van der Waals surface area contributed by atoms with Crippen LogP contribution in [0.25, 0.3) is 0 Å². The zero-order valence-electron chi connectivity index (χ0n) is 17.1. The molecule has 0 radical (unpaired) electrons. The number of carbonyl (C=O) groups is 2. The Morgan fingerprint density at radius 2 is 1.65 bits per heavy atom. The van der Waals surface area contributed by atoms with Gasteiger partial charge in [-0.1, -0.05) is 6.07 Å². The van der Waals surface area contributed by atoms with E-state index < -0.39 is 0 Å². The molecule has 0 bridgehead atoms. The fourth-order valence-corrected chi connectivity index (χ4v) is 4.02. The van der Waals surface area contributed by atoms with Gasteiger partial charge in [-0.3, -0.25) is 9.59 Å². The second kappa shape index (κ2) is 9.26. The van der Waals surface area contributed by atoms with Crippen LogP contribution in [0.3, 0.4) is 0 Å². The Bertz CT molecular complexity index is 1080. The Morgan fingerprint density at radius 1 is 1.00 bits per heavy atom. The third kappa shape index (κ3) is 5.08. The molecule has 1 aromatic heterocycles. The highest BCUT2D eigenvalue weighted by Gasteiger charge is 2.25. The molecular formula is C23H22FN3O3S. The molecule has 2 amide bonds. The summed E-state index contributed by atoms with van der Waals surface area (Å²) in [6, 6.07) is 12.6. The number of nitrogens with zero attached hydrogens (tertiary/aromatic N) is 3. The monoisotopic (exact) mass is 439 g/mol. The van der Waals surface area contributed by atoms with Crippen LogP contribution in [0.4, 0.5) is 4.39 Å². The molecule has 3 aromatic rings. The Kier molecular flexibility index (Phi) is 6.27. The van der Waals surface area contributed by atoms with Crippen LogP contribution >= 0.6 is 11.3 Å². The number of hydrogen-bond acceptors (Lipinski definition) is 5. The lowest BCUT2D eigenvalue weighted by atomic mass is 10.1. The molecule has 1 saturated heterocycles. The summed E-state index contributed by atoms with van der Waals surface area (Å²) in [5.41, 5.74) is 1.85. The molecule has 0 spiro atoms. The van der Waals surface area contributed by atoms with Gasteiger partial charge in [0.15, 0.2) is 0 Å². The maximum atomic E-state index is 13.1. The van der Waals surface area contributed by atoms with E-state index in [0.717, 1.165) is 10.7 Å². The molecular weight excluding hydrogens is 417 g/mol. The smallest absolute Gasteiger partial charge is 0.254 e. The molecule has 0 aliphatic carbocycles. The summed E-state index contributed by atoms with van der Waals surface area (Å²) < 4.78 is 18.9. The molecule has 4 rings (SSSR count). The summed E-state index contributed by atoms with van der Waals surface area (Å²) in [4.78, 5) is 33.3. The van der Waals surface area contributed by atoms with Crippen LogP contribution in [0.1, 0.15) is 31.4 Å². The molecule has 0 atom stereocenters. The minimum absolute atomic E-state index is 0.0937. The summed E-state index contributed by atoms with van der Waals surface area (Å²) in [6.07, 6.45) is 0. The number of rotatable bonds is 5. The van der Waals surface area contributed by atoms with Gasteiger partial charge in [-0.05, 0) is 49.4 Å². The fraction of sp³-hybridized carbons (Fsp3) is 0.261. The molecule has 160 valence electrons. The van der Waals surface area contributed by atoms with Crippen LogP contribution < -0.4 is 4.74 Å². The predicted molar refractivity (Wildman–Crippen MR) is 116 cm³/mol. The molecule has 0 N–H and O–H groups in total. The van der Waals surface area contributed by atoms with E-state index in [4.69, 9.17) is 4.74 Å². The predicted octanol–water partition coefficient (Wildman–Crippen LogP) is 3.77. The van der Waals surface area contributed by atoms with Crippen molar-refractivity contribution >= 4 is 23.2 Å². The number of carbonyl (C=O) groups excluding carboxylic acids is 2. The van der Waals surface area contributed by atoms with Crippen LogP contribution in [-0.4, -0.2) is 52.8 Å². The Balaban J connectivity index is 1.34. The van der Waals surface area contributed by atoms with Crippen LogP contribution in [-0.2, 0) is 6.61 Å². The van der Waals surface area contributed by atoms with Crippen molar-refractivity contribution in [2.45, 2.75) is 13.5 Å². The lowest BCUT2D eigenvalue weighted by molar-refractivity contribution is 0.0535. The number of piperazine rings is 1. The number of hydrogen-bond donors (Lipinski definition) is 0. The van der Waals surface area contributed by atoms with Gasteiger partial charge in [-0.25, -0.2) is 9.37 Å². The first-order chi connectivity index (χ1) is 15.0. The quantitative estimate of drug-likeness (QED) is 0.607. The molecule has 1 aliphatic heterocycles. The van der Waals surface area contributed by atoms with Crippen LogP contribution in [0, 0.1) is 12.7 Å². The summed E-state index contributed by atoms with van der Waals surface area (Å²) in [7, 11) is 0. The van der Waals surface area contributed by atoms with E-state index in [1.807, 2.05) is 18.4 Å². The minimum Gasteiger partial charge on any atom is -0.487 e. The number of ether oxygens (including phenoxy) is 1. The van der Waals surface area contributed by atoms with Gasteiger partial charge in [-0.2, -0.15) is 0 Å². The van der Waals surface area contributed by atoms with E-state index in [9.17, 15) is 14.0 Å². The van der Waals surface area contributed by atoms with E-state index in [2.05, 4.69) is 4.98 Å². The molecule has 2 heterocycles. The van der Waals surface area contributed by atoms with Gasteiger partial charge >= 0.3 is 0 Å². The van der Waals surface area contributed by atoms with E-state index in [1.54, 1.807) is 39.3 Å². The van der Waals surface area contributed by atoms with Crippen molar-refractivity contribution in [2.75, 3.05) is 26.2 Å². The summed E-state index contributed by atoms with van der Waals surface area (Å²) in [5.74, 6) is -0.00916. The third-order valence-electron chi connectivity index (χ3n) is 5.08. The normalized spacial score (nSPS) is 13.9. The van der Waals surface area contributed by atoms with Gasteiger partial charge < -0.3 is 14.5 Å². The molecule has 31 heavy (non-hydrogen) atoms. The third-order valence-corrected chi connectivity index (χ3v) is 5.90. The molecule has 1 fully saturated rings. The molecule has 2 aromatic carbocycles. The van der Waals surface area contributed by atoms with Crippen molar-refractivity contribution in [2.24, 2.45) is 0 Å². The first kappa shape index (κ1) is 21.0. The minimum atomic E-state index is -0.375. The Labute approximate surface area is 183 Å². The molecule has 0 saturated carbocycles. The topological polar surface area (TPSA) is 62.7 Å². The first-order valence-corrected chi connectivity index (χ1v) is 10.9. The number of benzene rings is 2. The molecule has 6 nitrogen and oxygen atoms in total. The summed E-state index contributed by atoms with van der Waals surface area (Å²) >= 11 is 1.57. The van der Waals surface area contributed by atoms with Gasteiger partial charge in [0, 0.05) is 42.7 Å². The zero-order chi connectivity index (χ0) is 21.8. The van der Waals surface area contributed by atoms with Crippen LogP contribution in [0.2, 0.25) is 0 Å². The van der Waals surface area contributed by atoms with E-state index >= 15 is 0 Å². The SMILES string of the molecule is Cc1nc(COc2cccc(C(=O)N3CCN(C(=O)c4ccc(F)cc4)CC3)c2)cs1. The summed E-state index contributed by atoms with van der Waals surface area (Å²) in [5, 5.41) is 2.94. The van der Waals surface area contributed by atoms with Crippen molar-refractivity contribution in [1.82, 2.24) is 14.8 Å². The van der Waals surface area contributed by atoms with Gasteiger partial charge in [0.2, 0.25) is 0 Å². The Hall–Kier alpha value is -3.26. The number of thiazole rings is 1. The first-order valence-electron chi connectivity index (χ1n) is 9.97. The highest BCUT2D eigenvalue weighted by Crippen LogP contribution is 2.19. The van der Waals surface area contributed by atoms with Crippen LogP contribution in [0.5, 0.6) is 5.75 Å². The average molecular weight is 440 g/mol. The summed E-state index contributed by atoms with van der Waals surface area (Å²) in [6.45, 7) is 4.04. The van der Waals surface area contributed by atoms with E-state index in [1.165, 1.54) is 24.3 Å². The van der Waals surface area contributed by atoms with E-state index in [0.29, 0.717) is 49.7 Å². The van der Waals surface area contributed by atoms with Crippen molar-refractivity contribution < 1.29 is 18.7 Å². The van der Waals surface area contributed by atoms with Crippen molar-refractivity contribution in [3.8, 4) is 5.75 Å². The second-order valence-electron chi connectivity index (χ2n) is 7.27. The zero-order valence-corrected chi connectivity index (χ0v) is 17.9. The number of halogens is 1. The number of aromatic nitrogens is 1. The van der Waals surface area contributed by atoms with Gasteiger partial charge in [0.05, 0.1) is 10.7 Å². The molecule has 0 unspecified atom stereocenters. The number of amides is 2. The van der Waals surface area contributed by atoms with E-state index in [-0.39, 0.29) is 17.6 Å². The number of aryl methyl sites for hydroxylation is 1. The second-order valence-corrected chi connectivity index (χ2v) is 8.33. The lowest BCUT2D eigenvalue weighted by Gasteiger charge is -2.35. The van der Waals surface area contributed by atoms with Crippen molar-refractivity contribution in [3.63, 3.8) is 0 Å². The molecule has 8 heteroatoms. The standard InChI is InChI=1S/C23H22FN3O3S/c1-16-25-20(15-31-16)14-30-21-4-2-3-18(13-21)23(29)27-11-9-26(10-12-27)22(28)17-5-7-19(24)8-6-17/h2-8,13,15H,9-12,14H2,1H3. The van der Waals surface area contributed by atoms with Crippen LogP contribution in [0.15, 0.2) is 53.9 Å². The average Bonchev–Trinajstić information content (AvgIpc) is 3.22. The van der Waals surface area contributed by atoms with Gasteiger partial charge in [-0.15, -0.1) is 11.3 Å². The lowest BCUT2D eigenvalue weighted by Crippen LogP contribution is -2.50.